The van der Waals surface area contributed by atoms with Gasteiger partial charge in [0.15, 0.2) is 0 Å². The molecule has 2 rings (SSSR count). The molecule has 2 unspecified atom stereocenters. The molecule has 2 heterocycles. The van der Waals surface area contributed by atoms with E-state index in [0.717, 1.165) is 42.9 Å². The maximum Gasteiger partial charge on any atom is 0.0917 e. The van der Waals surface area contributed by atoms with Crippen molar-refractivity contribution >= 4 is 11.5 Å². The van der Waals surface area contributed by atoms with Crippen LogP contribution in [-0.2, 0) is 4.74 Å². The molecule has 0 aliphatic carbocycles. The lowest BCUT2D eigenvalue weighted by Crippen LogP contribution is -2.07. The van der Waals surface area contributed by atoms with Gasteiger partial charge in [-0.3, -0.25) is 0 Å². The van der Waals surface area contributed by atoms with Crippen LogP contribution in [0, 0.1) is 6.92 Å². The van der Waals surface area contributed by atoms with Crippen LogP contribution in [0.25, 0.3) is 0 Å². The van der Waals surface area contributed by atoms with Crippen molar-refractivity contribution in [3.8, 4) is 0 Å². The van der Waals surface area contributed by atoms with Crippen LogP contribution in [0.5, 0.6) is 0 Å². The van der Waals surface area contributed by atoms with Crippen LogP contribution in [0.2, 0.25) is 0 Å². The van der Waals surface area contributed by atoms with Crippen LogP contribution in [-0.4, -0.2) is 27.4 Å². The number of nitrogens with zero attached hydrogens (tertiary/aromatic N) is 2. The first kappa shape index (κ1) is 11.0. The molecule has 0 saturated carbocycles. The molecule has 1 N–H and O–H groups in total. The number of hydrogen-bond acceptors (Lipinski definition) is 5. The molecule has 0 amide bonds. The smallest absolute Gasteiger partial charge is 0.0917 e. The fourth-order valence-corrected chi connectivity index (χ4v) is 2.55. The molecule has 0 bridgehead atoms. The molecule has 1 fully saturated rings. The van der Waals surface area contributed by atoms with Gasteiger partial charge in [0, 0.05) is 6.61 Å². The molecule has 1 aliphatic rings. The molecule has 1 aromatic heterocycles. The lowest BCUT2D eigenvalue weighted by atomic mass is 10.1. The highest BCUT2D eigenvalue weighted by Crippen LogP contribution is 2.26. The van der Waals surface area contributed by atoms with Gasteiger partial charge in [0.05, 0.1) is 22.8 Å². The third-order valence-electron chi connectivity index (χ3n) is 2.78. The summed E-state index contributed by atoms with van der Waals surface area (Å²) in [6.07, 6.45) is 3.89. The van der Waals surface area contributed by atoms with Gasteiger partial charge in [-0.05, 0) is 44.1 Å². The number of hydrogen-bond donors (Lipinski definition) is 1. The summed E-state index contributed by atoms with van der Waals surface area (Å²) in [4.78, 5) is 0.896. The lowest BCUT2D eigenvalue weighted by molar-refractivity contribution is 0.0818. The minimum atomic E-state index is -0.422. The summed E-state index contributed by atoms with van der Waals surface area (Å²) in [6.45, 7) is 2.76. The van der Waals surface area contributed by atoms with Gasteiger partial charge in [-0.15, -0.1) is 5.10 Å². The van der Waals surface area contributed by atoms with E-state index in [1.807, 2.05) is 6.92 Å². The van der Waals surface area contributed by atoms with Crippen LogP contribution in [0.3, 0.4) is 0 Å². The van der Waals surface area contributed by atoms with Crippen molar-refractivity contribution in [2.75, 3.05) is 6.61 Å². The molecule has 1 saturated heterocycles. The second-order valence-electron chi connectivity index (χ2n) is 3.95. The van der Waals surface area contributed by atoms with Crippen LogP contribution < -0.4 is 0 Å². The SMILES string of the molecule is Cc1nnsc1C(O)CCC1CCCO1. The average molecular weight is 228 g/mol. The number of aliphatic hydroxyl groups excluding tert-OH is 1. The Morgan fingerprint density at radius 3 is 3.13 bits per heavy atom. The molecule has 1 aromatic rings. The normalized spacial score (nSPS) is 23.2. The van der Waals surface area contributed by atoms with E-state index in [4.69, 9.17) is 4.74 Å². The van der Waals surface area contributed by atoms with Gasteiger partial charge in [0.1, 0.15) is 0 Å². The van der Waals surface area contributed by atoms with Crippen LogP contribution in [0.4, 0.5) is 0 Å². The Kier molecular flexibility index (Phi) is 3.66. The summed E-state index contributed by atoms with van der Waals surface area (Å²) < 4.78 is 9.33. The molecule has 4 nitrogen and oxygen atoms in total. The summed E-state index contributed by atoms with van der Waals surface area (Å²) in [5.74, 6) is 0. The monoisotopic (exact) mass is 228 g/mol. The molecule has 2 atom stereocenters. The van der Waals surface area contributed by atoms with Gasteiger partial charge in [-0.1, -0.05) is 4.49 Å². The third-order valence-corrected chi connectivity index (χ3v) is 3.70. The van der Waals surface area contributed by atoms with E-state index in [9.17, 15) is 5.11 Å². The first-order valence-electron chi connectivity index (χ1n) is 5.36. The van der Waals surface area contributed by atoms with Crippen LogP contribution in [0.1, 0.15) is 42.4 Å². The quantitative estimate of drug-likeness (QED) is 0.854. The van der Waals surface area contributed by atoms with Gasteiger partial charge in [0.25, 0.3) is 0 Å². The summed E-state index contributed by atoms with van der Waals surface area (Å²) >= 11 is 1.29. The first-order valence-corrected chi connectivity index (χ1v) is 6.13. The molecule has 0 spiro atoms. The minimum absolute atomic E-state index is 0.348. The Morgan fingerprint density at radius 1 is 1.67 bits per heavy atom. The van der Waals surface area contributed by atoms with Crippen molar-refractivity contribution in [2.24, 2.45) is 0 Å². The predicted octanol–water partition coefficient (Wildman–Crippen LogP) is 1.84. The fourth-order valence-electron chi connectivity index (χ4n) is 1.89. The highest BCUT2D eigenvalue weighted by Gasteiger charge is 2.19. The topological polar surface area (TPSA) is 55.2 Å². The van der Waals surface area contributed by atoms with Gasteiger partial charge >= 0.3 is 0 Å². The highest BCUT2D eigenvalue weighted by molar-refractivity contribution is 7.05. The van der Waals surface area contributed by atoms with E-state index in [0.29, 0.717) is 6.10 Å². The number of aromatic nitrogens is 2. The molecular weight excluding hydrogens is 212 g/mol. The number of aliphatic hydroxyl groups is 1. The van der Waals surface area contributed by atoms with E-state index >= 15 is 0 Å². The van der Waals surface area contributed by atoms with E-state index in [1.165, 1.54) is 11.5 Å². The Morgan fingerprint density at radius 2 is 2.53 bits per heavy atom. The Hall–Kier alpha value is -0.520. The van der Waals surface area contributed by atoms with E-state index < -0.39 is 6.10 Å². The maximum atomic E-state index is 9.93. The molecule has 0 aromatic carbocycles. The van der Waals surface area contributed by atoms with Gasteiger partial charge in [-0.2, -0.15) is 0 Å². The molecule has 0 radical (unpaired) electrons. The Balaban J connectivity index is 1.81. The molecule has 84 valence electrons. The van der Waals surface area contributed by atoms with Crippen molar-refractivity contribution in [1.29, 1.82) is 0 Å². The molecule has 15 heavy (non-hydrogen) atoms. The zero-order valence-electron chi connectivity index (χ0n) is 8.85. The summed E-state index contributed by atoms with van der Waals surface area (Å²) in [6, 6.07) is 0. The summed E-state index contributed by atoms with van der Waals surface area (Å²) in [7, 11) is 0. The number of rotatable bonds is 4. The second-order valence-corrected chi connectivity index (χ2v) is 4.74. The highest BCUT2D eigenvalue weighted by atomic mass is 32.1. The standard InChI is InChI=1S/C10H16N2O2S/c1-7-10(15-12-11-7)9(13)5-4-8-3-2-6-14-8/h8-9,13H,2-6H2,1H3. The summed E-state index contributed by atoms with van der Waals surface area (Å²) in [5, 5.41) is 13.8. The van der Waals surface area contributed by atoms with Crippen molar-refractivity contribution in [2.45, 2.75) is 44.8 Å². The van der Waals surface area contributed by atoms with E-state index in [1.54, 1.807) is 0 Å². The third kappa shape index (κ3) is 2.74. The van der Waals surface area contributed by atoms with Crippen molar-refractivity contribution in [3.05, 3.63) is 10.6 Å². The largest absolute Gasteiger partial charge is 0.387 e. The van der Waals surface area contributed by atoms with Gasteiger partial charge in [0.2, 0.25) is 0 Å². The minimum Gasteiger partial charge on any atom is -0.387 e. The van der Waals surface area contributed by atoms with Crippen LogP contribution >= 0.6 is 11.5 Å². The number of ether oxygens (including phenoxy) is 1. The zero-order valence-corrected chi connectivity index (χ0v) is 9.66. The lowest BCUT2D eigenvalue weighted by Gasteiger charge is -2.12. The second kappa shape index (κ2) is 5.01. The summed E-state index contributed by atoms with van der Waals surface area (Å²) in [5.41, 5.74) is 0.847. The zero-order chi connectivity index (χ0) is 10.7. The van der Waals surface area contributed by atoms with Crippen molar-refractivity contribution < 1.29 is 9.84 Å². The first-order chi connectivity index (χ1) is 7.27. The Labute approximate surface area is 93.4 Å². The van der Waals surface area contributed by atoms with Gasteiger partial charge < -0.3 is 9.84 Å². The van der Waals surface area contributed by atoms with Crippen LogP contribution in [0.15, 0.2) is 0 Å². The maximum absolute atomic E-state index is 9.93. The van der Waals surface area contributed by atoms with E-state index in [-0.39, 0.29) is 0 Å². The fraction of sp³-hybridized carbons (Fsp3) is 0.800. The van der Waals surface area contributed by atoms with Crippen molar-refractivity contribution in [3.63, 3.8) is 0 Å². The Bertz CT molecular complexity index is 310. The molecular formula is C10H16N2O2S. The van der Waals surface area contributed by atoms with E-state index in [2.05, 4.69) is 9.59 Å². The number of aryl methyl sites for hydroxylation is 1. The van der Waals surface area contributed by atoms with Crippen molar-refractivity contribution in [1.82, 2.24) is 9.59 Å². The molecule has 1 aliphatic heterocycles. The predicted molar refractivity (Wildman–Crippen MR) is 57.8 cm³/mol. The van der Waals surface area contributed by atoms with Gasteiger partial charge in [-0.25, -0.2) is 0 Å². The average Bonchev–Trinajstić information content (AvgIpc) is 2.84. The molecule has 5 heteroatoms.